The third-order valence-corrected chi connectivity index (χ3v) is 2.94. The number of fused-ring (bicyclic) bond motifs is 4. The van der Waals surface area contributed by atoms with Crippen LogP contribution in [0.25, 0.3) is 21.6 Å². The van der Waals surface area contributed by atoms with E-state index in [9.17, 15) is 0 Å². The second-order valence-corrected chi connectivity index (χ2v) is 3.51. The molecular weight excluding hydrogens is 152 g/mol. The first-order valence-electron chi connectivity index (χ1n) is 3.56. The van der Waals surface area contributed by atoms with Crippen LogP contribution in [0.5, 0.6) is 0 Å². The molecule has 0 nitrogen and oxygen atoms in total. The van der Waals surface area contributed by atoms with Gasteiger partial charge in [0.2, 0.25) is 0 Å². The first kappa shape index (κ1) is 5.56. The fourth-order valence-corrected chi connectivity index (χ4v) is 2.39. The monoisotopic (exact) mass is 157 g/mol. The summed E-state index contributed by atoms with van der Waals surface area (Å²) in [5, 5.41) is 2.03. The maximum Gasteiger partial charge on any atom is 0.0434 e. The van der Waals surface area contributed by atoms with Crippen LogP contribution < -0.4 is 0 Å². The number of thiophene rings is 1. The minimum Gasteiger partial charge on any atom is -0.142 e. The third-order valence-electron chi connectivity index (χ3n) is 2.05. The minimum absolute atomic E-state index is 1.31. The molecule has 1 heteroatoms. The molecule has 0 N–H and O–H groups in total. The van der Waals surface area contributed by atoms with Gasteiger partial charge in [0, 0.05) is 22.1 Å². The van der Waals surface area contributed by atoms with E-state index < -0.39 is 0 Å². The van der Waals surface area contributed by atoms with E-state index in [4.69, 9.17) is 0 Å². The first-order valence-corrected chi connectivity index (χ1v) is 4.44. The van der Waals surface area contributed by atoms with Crippen molar-refractivity contribution in [3.05, 3.63) is 35.7 Å². The second-order valence-electron chi connectivity index (χ2n) is 2.63. The van der Waals surface area contributed by atoms with Crippen LogP contribution in [0.4, 0.5) is 0 Å². The van der Waals surface area contributed by atoms with Crippen LogP contribution >= 0.6 is 11.3 Å². The summed E-state index contributed by atoms with van der Waals surface area (Å²) < 4.78 is 0. The Morgan fingerprint density at radius 2 is 1.91 bits per heavy atom. The summed E-state index contributed by atoms with van der Waals surface area (Å²) in [5.41, 5.74) is 4.07. The van der Waals surface area contributed by atoms with Gasteiger partial charge in [0.05, 0.1) is 0 Å². The van der Waals surface area contributed by atoms with E-state index >= 15 is 0 Å². The lowest BCUT2D eigenvalue weighted by molar-refractivity contribution is 1.60. The van der Waals surface area contributed by atoms with Crippen molar-refractivity contribution in [2.45, 2.75) is 0 Å². The molecule has 0 saturated heterocycles. The number of hydrogen-bond acceptors (Lipinski definition) is 1. The lowest BCUT2D eigenvalue weighted by Gasteiger charge is -2.17. The van der Waals surface area contributed by atoms with Crippen molar-refractivity contribution in [2.75, 3.05) is 0 Å². The Labute approximate surface area is 69.1 Å². The van der Waals surface area contributed by atoms with Crippen molar-refractivity contribution < 1.29 is 0 Å². The van der Waals surface area contributed by atoms with E-state index in [1.165, 1.54) is 21.6 Å². The summed E-state index contributed by atoms with van der Waals surface area (Å²) in [7, 11) is 0. The van der Waals surface area contributed by atoms with Crippen molar-refractivity contribution in [3.8, 4) is 21.6 Å². The Kier molecular flexibility index (Phi) is 0.880. The quantitative estimate of drug-likeness (QED) is 0.470. The van der Waals surface area contributed by atoms with Crippen molar-refractivity contribution in [1.82, 2.24) is 0 Å². The van der Waals surface area contributed by atoms with Gasteiger partial charge in [0.1, 0.15) is 0 Å². The Hall–Kier alpha value is -1.08. The molecule has 0 bridgehead atoms. The van der Waals surface area contributed by atoms with Gasteiger partial charge < -0.3 is 0 Å². The maximum atomic E-state index is 3.23. The molecule has 2 aromatic rings. The molecule has 11 heavy (non-hydrogen) atoms. The average Bonchev–Trinajstić information content (AvgIpc) is 2.44. The molecular formula is C10H5S. The summed E-state index contributed by atoms with van der Waals surface area (Å²) >= 11 is 1.78. The highest BCUT2D eigenvalue weighted by Gasteiger charge is 2.22. The Morgan fingerprint density at radius 3 is 2.82 bits per heavy atom. The molecule has 1 aliphatic carbocycles. The number of rotatable bonds is 0. The van der Waals surface area contributed by atoms with Gasteiger partial charge >= 0.3 is 0 Å². The Balaban J connectivity index is 2.38. The lowest BCUT2D eigenvalue weighted by atomic mass is 9.88. The summed E-state index contributed by atoms with van der Waals surface area (Å²) in [5.74, 6) is 0. The first-order chi connectivity index (χ1) is 5.47. The van der Waals surface area contributed by atoms with Crippen molar-refractivity contribution in [2.24, 2.45) is 0 Å². The molecule has 0 saturated carbocycles. The van der Waals surface area contributed by atoms with Gasteiger partial charge in [0.25, 0.3) is 0 Å². The highest BCUT2D eigenvalue weighted by atomic mass is 32.1. The fraction of sp³-hybridized carbons (Fsp3) is 0. The van der Waals surface area contributed by atoms with Crippen LogP contribution in [0.1, 0.15) is 0 Å². The summed E-state index contributed by atoms with van der Waals surface area (Å²) in [4.78, 5) is 1.40. The molecule has 0 atom stereocenters. The Bertz CT molecular complexity index is 375. The van der Waals surface area contributed by atoms with E-state index in [0.717, 1.165) is 0 Å². The summed E-state index contributed by atoms with van der Waals surface area (Å²) in [6.07, 6.45) is 0. The highest BCUT2D eigenvalue weighted by Crippen LogP contribution is 2.49. The molecule has 1 aromatic heterocycles. The topological polar surface area (TPSA) is 0 Å². The maximum absolute atomic E-state index is 3.23. The smallest absolute Gasteiger partial charge is 0.0434 e. The van der Waals surface area contributed by atoms with Gasteiger partial charge in [-0.05, 0) is 10.9 Å². The average molecular weight is 157 g/mol. The number of benzene rings is 1. The minimum atomic E-state index is 1.31. The lowest BCUT2D eigenvalue weighted by Crippen LogP contribution is -1.91. The summed E-state index contributed by atoms with van der Waals surface area (Å²) in [6, 6.07) is 11.7. The molecule has 0 aliphatic heterocycles. The van der Waals surface area contributed by atoms with Crippen molar-refractivity contribution in [3.63, 3.8) is 0 Å². The second kappa shape index (κ2) is 1.74. The highest BCUT2D eigenvalue weighted by molar-refractivity contribution is 7.14. The summed E-state index contributed by atoms with van der Waals surface area (Å²) in [6.45, 7) is 0. The van der Waals surface area contributed by atoms with Crippen LogP contribution in [0.3, 0.4) is 0 Å². The van der Waals surface area contributed by atoms with Crippen LogP contribution in [0.15, 0.2) is 29.6 Å². The van der Waals surface area contributed by atoms with Crippen LogP contribution in [0, 0.1) is 6.07 Å². The van der Waals surface area contributed by atoms with Crippen molar-refractivity contribution >= 4 is 11.3 Å². The Morgan fingerprint density at radius 1 is 1.09 bits per heavy atom. The van der Waals surface area contributed by atoms with E-state index in [0.29, 0.717) is 0 Å². The zero-order chi connectivity index (χ0) is 7.26. The molecule has 0 spiro atoms. The molecule has 51 valence electrons. The molecule has 1 radical (unpaired) electrons. The van der Waals surface area contributed by atoms with Crippen LogP contribution in [0.2, 0.25) is 0 Å². The zero-order valence-electron chi connectivity index (χ0n) is 5.79. The predicted molar refractivity (Wildman–Crippen MR) is 47.6 cm³/mol. The van der Waals surface area contributed by atoms with Crippen molar-refractivity contribution in [1.29, 1.82) is 0 Å². The van der Waals surface area contributed by atoms with E-state index in [2.05, 4.69) is 30.3 Å². The van der Waals surface area contributed by atoms with Crippen LogP contribution in [-0.2, 0) is 0 Å². The SMILES string of the molecule is [c]1csc2c1-c1ccccc1-2. The largest absolute Gasteiger partial charge is 0.142 e. The van der Waals surface area contributed by atoms with Gasteiger partial charge in [-0.2, -0.15) is 0 Å². The number of hydrogen-bond donors (Lipinski definition) is 0. The van der Waals surface area contributed by atoms with Crippen LogP contribution in [-0.4, -0.2) is 0 Å². The van der Waals surface area contributed by atoms with E-state index in [-0.39, 0.29) is 0 Å². The molecule has 1 aliphatic rings. The van der Waals surface area contributed by atoms with Gasteiger partial charge in [-0.3, -0.25) is 0 Å². The molecule has 0 amide bonds. The van der Waals surface area contributed by atoms with E-state index in [1.54, 1.807) is 11.3 Å². The molecule has 0 fully saturated rings. The van der Waals surface area contributed by atoms with E-state index in [1.807, 2.05) is 5.38 Å². The standard InChI is InChI=1S/C10H5S/c1-2-4-8-7(3-1)9-5-6-11-10(8)9/h1-4,6H. The molecule has 1 heterocycles. The molecule has 0 unspecified atom stereocenters. The van der Waals surface area contributed by atoms with Gasteiger partial charge in [-0.1, -0.05) is 24.3 Å². The van der Waals surface area contributed by atoms with Gasteiger partial charge in [0.15, 0.2) is 0 Å². The van der Waals surface area contributed by atoms with Gasteiger partial charge in [-0.15, -0.1) is 11.3 Å². The van der Waals surface area contributed by atoms with Gasteiger partial charge in [-0.25, -0.2) is 0 Å². The molecule has 3 rings (SSSR count). The zero-order valence-corrected chi connectivity index (χ0v) is 6.61. The predicted octanol–water partition coefficient (Wildman–Crippen LogP) is 3.20. The third kappa shape index (κ3) is 0.548. The normalized spacial score (nSPS) is 11.6. The fourth-order valence-electron chi connectivity index (χ4n) is 1.51. The molecule has 1 aromatic carbocycles.